The van der Waals surface area contributed by atoms with E-state index < -0.39 is 0 Å². The highest BCUT2D eigenvalue weighted by Gasteiger charge is 2.24. The second kappa shape index (κ2) is 6.33. The number of hydrogen-bond acceptors (Lipinski definition) is 6. The van der Waals surface area contributed by atoms with E-state index in [4.69, 9.17) is 10.9 Å². The number of amidine groups is 1. The quantitative estimate of drug-likeness (QED) is 0.260. The third kappa shape index (κ3) is 3.44. The number of halogens is 1. The number of aromatic nitrogens is 2. The Morgan fingerprint density at radius 1 is 1.37 bits per heavy atom. The number of nitrogens with zero attached hydrogens (tertiary/aromatic N) is 5. The summed E-state index contributed by atoms with van der Waals surface area (Å²) in [7, 11) is 0. The molecule has 1 saturated heterocycles. The number of anilines is 1. The zero-order valence-electron chi connectivity index (χ0n) is 10.7. The minimum Gasteiger partial charge on any atom is -0.409 e. The topological polar surface area (TPSA) is 90.9 Å². The SMILES string of the molecule is CC(C(N)=NO)N1CCN(c2ncc(I)cn2)CC1. The van der Waals surface area contributed by atoms with E-state index in [0.29, 0.717) is 0 Å². The van der Waals surface area contributed by atoms with Crippen LogP contribution in [0.25, 0.3) is 0 Å². The molecule has 1 aliphatic heterocycles. The van der Waals surface area contributed by atoms with Gasteiger partial charge in [-0.05, 0) is 29.5 Å². The van der Waals surface area contributed by atoms with Gasteiger partial charge in [-0.25, -0.2) is 9.97 Å². The lowest BCUT2D eigenvalue weighted by Gasteiger charge is -2.37. The Labute approximate surface area is 125 Å². The molecule has 8 heteroatoms. The first-order valence-corrected chi connectivity index (χ1v) is 7.13. The second-order valence-electron chi connectivity index (χ2n) is 4.43. The highest BCUT2D eigenvalue weighted by atomic mass is 127. The molecule has 0 spiro atoms. The van der Waals surface area contributed by atoms with Crippen molar-refractivity contribution < 1.29 is 5.21 Å². The van der Waals surface area contributed by atoms with Crippen molar-refractivity contribution >= 4 is 34.4 Å². The predicted octanol–water partition coefficient (Wildman–Crippen LogP) is 0.338. The van der Waals surface area contributed by atoms with Crippen LogP contribution < -0.4 is 10.6 Å². The van der Waals surface area contributed by atoms with Crippen LogP contribution in [0.15, 0.2) is 17.5 Å². The van der Waals surface area contributed by atoms with E-state index in [1.807, 2.05) is 19.3 Å². The van der Waals surface area contributed by atoms with Crippen molar-refractivity contribution in [1.29, 1.82) is 0 Å². The summed E-state index contributed by atoms with van der Waals surface area (Å²) in [6.07, 6.45) is 3.63. The van der Waals surface area contributed by atoms with E-state index in [-0.39, 0.29) is 11.9 Å². The fourth-order valence-electron chi connectivity index (χ4n) is 2.05. The van der Waals surface area contributed by atoms with E-state index in [9.17, 15) is 0 Å². The van der Waals surface area contributed by atoms with E-state index >= 15 is 0 Å². The molecular weight excluding hydrogens is 359 g/mol. The number of hydrogen-bond donors (Lipinski definition) is 2. The average molecular weight is 376 g/mol. The average Bonchev–Trinajstić information content (AvgIpc) is 2.46. The number of oxime groups is 1. The molecule has 0 amide bonds. The van der Waals surface area contributed by atoms with Gasteiger partial charge in [-0.3, -0.25) is 4.90 Å². The lowest BCUT2D eigenvalue weighted by Crippen LogP contribution is -2.53. The van der Waals surface area contributed by atoms with Crippen LogP contribution in [0.1, 0.15) is 6.92 Å². The van der Waals surface area contributed by atoms with E-state index in [0.717, 1.165) is 35.7 Å². The van der Waals surface area contributed by atoms with Crippen molar-refractivity contribution in [3.63, 3.8) is 0 Å². The van der Waals surface area contributed by atoms with Crippen molar-refractivity contribution in [1.82, 2.24) is 14.9 Å². The van der Waals surface area contributed by atoms with Crippen molar-refractivity contribution in [2.75, 3.05) is 31.1 Å². The van der Waals surface area contributed by atoms with Crippen molar-refractivity contribution in [2.24, 2.45) is 10.9 Å². The summed E-state index contributed by atoms with van der Waals surface area (Å²) in [5.74, 6) is 1.01. The summed E-state index contributed by atoms with van der Waals surface area (Å²) >= 11 is 2.19. The van der Waals surface area contributed by atoms with Gasteiger partial charge < -0.3 is 15.8 Å². The lowest BCUT2D eigenvalue weighted by atomic mass is 10.2. The molecule has 2 rings (SSSR count). The maximum absolute atomic E-state index is 8.70. The first kappa shape index (κ1) is 14.3. The first-order valence-electron chi connectivity index (χ1n) is 6.05. The monoisotopic (exact) mass is 376 g/mol. The summed E-state index contributed by atoms with van der Waals surface area (Å²) in [5, 5.41) is 11.8. The van der Waals surface area contributed by atoms with E-state index in [2.05, 4.69) is 47.5 Å². The van der Waals surface area contributed by atoms with E-state index in [1.54, 1.807) is 0 Å². The highest BCUT2D eigenvalue weighted by molar-refractivity contribution is 14.1. The van der Waals surface area contributed by atoms with Crippen LogP contribution in [0.3, 0.4) is 0 Å². The summed E-state index contributed by atoms with van der Waals surface area (Å²) in [6.45, 7) is 5.29. The van der Waals surface area contributed by atoms with Gasteiger partial charge in [-0.1, -0.05) is 5.16 Å². The molecule has 104 valence electrons. The maximum Gasteiger partial charge on any atom is 0.225 e. The summed E-state index contributed by atoms with van der Waals surface area (Å²) in [5.41, 5.74) is 5.63. The van der Waals surface area contributed by atoms with Gasteiger partial charge in [-0.2, -0.15) is 0 Å². The fourth-order valence-corrected chi connectivity index (χ4v) is 2.33. The number of rotatable bonds is 3. The summed E-state index contributed by atoms with van der Waals surface area (Å²) in [4.78, 5) is 13.0. The molecule has 0 aliphatic carbocycles. The van der Waals surface area contributed by atoms with Gasteiger partial charge in [0.1, 0.15) is 0 Å². The predicted molar refractivity (Wildman–Crippen MR) is 81.4 cm³/mol. The van der Waals surface area contributed by atoms with Crippen LogP contribution >= 0.6 is 22.6 Å². The molecule has 1 aromatic heterocycles. The molecule has 0 saturated carbocycles. The molecule has 1 aromatic rings. The molecule has 1 atom stereocenters. The summed E-state index contributed by atoms with van der Waals surface area (Å²) < 4.78 is 1.03. The van der Waals surface area contributed by atoms with Gasteiger partial charge in [0, 0.05) is 42.1 Å². The zero-order valence-corrected chi connectivity index (χ0v) is 12.9. The number of nitrogens with two attached hydrogens (primary N) is 1. The first-order chi connectivity index (χ1) is 9.11. The molecule has 1 aliphatic rings. The molecular formula is C11H17IN6O. The van der Waals surface area contributed by atoms with Gasteiger partial charge in [-0.15, -0.1) is 0 Å². The minimum absolute atomic E-state index is 0.0511. The molecule has 2 heterocycles. The normalized spacial score (nSPS) is 19.5. The Morgan fingerprint density at radius 3 is 2.47 bits per heavy atom. The van der Waals surface area contributed by atoms with Crippen LogP contribution in [0.4, 0.5) is 5.95 Å². The molecule has 19 heavy (non-hydrogen) atoms. The van der Waals surface area contributed by atoms with Crippen LogP contribution in [0.5, 0.6) is 0 Å². The van der Waals surface area contributed by atoms with Crippen LogP contribution in [0, 0.1) is 3.57 Å². The molecule has 3 N–H and O–H groups in total. The largest absolute Gasteiger partial charge is 0.409 e. The van der Waals surface area contributed by atoms with Gasteiger partial charge in [0.05, 0.1) is 6.04 Å². The molecule has 7 nitrogen and oxygen atoms in total. The zero-order chi connectivity index (χ0) is 13.8. The molecule has 0 bridgehead atoms. The van der Waals surface area contributed by atoms with Gasteiger partial charge in [0.25, 0.3) is 0 Å². The fraction of sp³-hybridized carbons (Fsp3) is 0.545. The lowest BCUT2D eigenvalue weighted by molar-refractivity contribution is 0.229. The Kier molecular flexibility index (Phi) is 4.75. The smallest absolute Gasteiger partial charge is 0.225 e. The van der Waals surface area contributed by atoms with Crippen molar-refractivity contribution in [3.8, 4) is 0 Å². The second-order valence-corrected chi connectivity index (χ2v) is 5.67. The minimum atomic E-state index is -0.0511. The van der Waals surface area contributed by atoms with Gasteiger partial charge in [0.2, 0.25) is 5.95 Å². The Hall–Kier alpha value is -1.16. The van der Waals surface area contributed by atoms with Crippen LogP contribution in [-0.4, -0.2) is 58.1 Å². The summed E-state index contributed by atoms with van der Waals surface area (Å²) in [6, 6.07) is -0.0511. The van der Waals surface area contributed by atoms with Gasteiger partial charge in [0.15, 0.2) is 5.84 Å². The number of piperazine rings is 1. The van der Waals surface area contributed by atoms with Crippen LogP contribution in [-0.2, 0) is 0 Å². The van der Waals surface area contributed by atoms with Gasteiger partial charge >= 0.3 is 0 Å². The third-order valence-electron chi connectivity index (χ3n) is 3.30. The van der Waals surface area contributed by atoms with Crippen LogP contribution in [0.2, 0.25) is 0 Å². The highest BCUT2D eigenvalue weighted by Crippen LogP contribution is 2.13. The molecule has 0 aromatic carbocycles. The molecule has 1 fully saturated rings. The molecule has 1 unspecified atom stereocenters. The Morgan fingerprint density at radius 2 is 1.95 bits per heavy atom. The van der Waals surface area contributed by atoms with Crippen molar-refractivity contribution in [3.05, 3.63) is 16.0 Å². The molecule has 0 radical (unpaired) electrons. The van der Waals surface area contributed by atoms with E-state index in [1.165, 1.54) is 0 Å². The van der Waals surface area contributed by atoms with Crippen molar-refractivity contribution in [2.45, 2.75) is 13.0 Å². The standard InChI is InChI=1S/C11H17IN6O/c1-8(10(13)16-19)17-2-4-18(5-3-17)11-14-6-9(12)7-15-11/h6-8,19H,2-5H2,1H3,(H2,13,16). The Balaban J connectivity index is 1.94. The maximum atomic E-state index is 8.70. The third-order valence-corrected chi connectivity index (χ3v) is 3.85. The Bertz CT molecular complexity index is 443.